The first-order valence-electron chi connectivity index (χ1n) is 6.15. The van der Waals surface area contributed by atoms with Crippen LogP contribution < -0.4 is 0 Å². The van der Waals surface area contributed by atoms with Crippen molar-refractivity contribution in [2.24, 2.45) is 0 Å². The Balaban J connectivity index is 2.42. The lowest BCUT2D eigenvalue weighted by molar-refractivity contribution is 0.0599. The van der Waals surface area contributed by atoms with Crippen molar-refractivity contribution in [1.29, 1.82) is 0 Å². The van der Waals surface area contributed by atoms with Crippen LogP contribution in [-0.2, 0) is 16.5 Å². The number of rotatable bonds is 4. The second-order valence-electron chi connectivity index (χ2n) is 4.37. The number of halogens is 2. The molecule has 0 saturated heterocycles. The normalized spacial score (nSPS) is 10.3. The van der Waals surface area contributed by atoms with E-state index >= 15 is 0 Å². The van der Waals surface area contributed by atoms with Crippen molar-refractivity contribution in [2.75, 3.05) is 7.11 Å². The van der Waals surface area contributed by atoms with E-state index in [2.05, 4.69) is 15.9 Å². The lowest BCUT2D eigenvalue weighted by Crippen LogP contribution is -2.07. The number of benzene rings is 2. The highest BCUT2D eigenvalue weighted by Crippen LogP contribution is 2.21. The van der Waals surface area contributed by atoms with Gasteiger partial charge < -0.3 is 4.74 Å². The van der Waals surface area contributed by atoms with Gasteiger partial charge in [0.15, 0.2) is 0 Å². The predicted molar refractivity (Wildman–Crippen MR) is 79.6 cm³/mol. The topological polar surface area (TPSA) is 26.3 Å². The van der Waals surface area contributed by atoms with Gasteiger partial charge in [0.05, 0.1) is 12.7 Å². The smallest absolute Gasteiger partial charge is 0.338 e. The molecule has 0 aromatic heterocycles. The zero-order valence-electron chi connectivity index (χ0n) is 11.0. The highest BCUT2D eigenvalue weighted by atomic mass is 79.9. The largest absolute Gasteiger partial charge is 0.465 e. The van der Waals surface area contributed by atoms with E-state index in [0.29, 0.717) is 22.9 Å². The Morgan fingerprint density at radius 3 is 2.50 bits per heavy atom. The molecule has 2 rings (SSSR count). The molecule has 0 amide bonds. The second-order valence-corrected chi connectivity index (χ2v) is 4.93. The maximum absolute atomic E-state index is 13.4. The average Bonchev–Trinajstić information content (AvgIpc) is 2.47. The molecule has 20 heavy (non-hydrogen) atoms. The van der Waals surface area contributed by atoms with E-state index in [4.69, 9.17) is 4.74 Å². The summed E-state index contributed by atoms with van der Waals surface area (Å²) in [5, 5.41) is 0.714. The molecule has 0 saturated carbocycles. The van der Waals surface area contributed by atoms with Crippen LogP contribution in [0.2, 0.25) is 0 Å². The van der Waals surface area contributed by atoms with Crippen LogP contribution >= 0.6 is 15.9 Å². The highest BCUT2D eigenvalue weighted by Gasteiger charge is 2.14. The van der Waals surface area contributed by atoms with E-state index in [0.717, 1.165) is 11.1 Å². The van der Waals surface area contributed by atoms with Gasteiger partial charge in [-0.15, -0.1) is 0 Å². The van der Waals surface area contributed by atoms with Gasteiger partial charge in [-0.25, -0.2) is 9.18 Å². The first kappa shape index (κ1) is 14.7. The van der Waals surface area contributed by atoms with Crippen LogP contribution in [0.15, 0.2) is 42.5 Å². The maximum Gasteiger partial charge on any atom is 0.338 e. The SMILES string of the molecule is COC(=O)c1ccc(F)cc1Cc1ccccc1CBr. The van der Waals surface area contributed by atoms with Gasteiger partial charge >= 0.3 is 5.97 Å². The molecule has 2 aromatic rings. The van der Waals surface area contributed by atoms with Gasteiger partial charge in [0, 0.05) is 5.33 Å². The van der Waals surface area contributed by atoms with E-state index in [1.165, 1.54) is 25.3 Å². The number of methoxy groups -OCH3 is 1. The summed E-state index contributed by atoms with van der Waals surface area (Å²) in [7, 11) is 1.32. The summed E-state index contributed by atoms with van der Waals surface area (Å²) in [5.41, 5.74) is 3.20. The minimum Gasteiger partial charge on any atom is -0.465 e. The Hall–Kier alpha value is -1.68. The maximum atomic E-state index is 13.4. The number of hydrogen-bond acceptors (Lipinski definition) is 2. The Morgan fingerprint density at radius 1 is 1.15 bits per heavy atom. The van der Waals surface area contributed by atoms with Crippen molar-refractivity contribution in [3.05, 3.63) is 70.5 Å². The molecule has 0 spiro atoms. The minimum atomic E-state index is -0.448. The fourth-order valence-electron chi connectivity index (χ4n) is 2.08. The summed E-state index contributed by atoms with van der Waals surface area (Å²) in [6, 6.07) is 12.0. The summed E-state index contributed by atoms with van der Waals surface area (Å²) < 4.78 is 18.2. The van der Waals surface area contributed by atoms with Crippen molar-refractivity contribution in [3.8, 4) is 0 Å². The Kier molecular flexibility index (Phi) is 4.90. The van der Waals surface area contributed by atoms with Crippen LogP contribution in [0.5, 0.6) is 0 Å². The molecule has 2 nitrogen and oxygen atoms in total. The molecular weight excluding hydrogens is 323 g/mol. The molecule has 0 aliphatic rings. The van der Waals surface area contributed by atoms with E-state index in [1.54, 1.807) is 0 Å². The molecule has 0 bridgehead atoms. The van der Waals surface area contributed by atoms with Crippen molar-refractivity contribution in [2.45, 2.75) is 11.8 Å². The lowest BCUT2D eigenvalue weighted by Gasteiger charge is -2.11. The number of alkyl halides is 1. The third-order valence-electron chi connectivity index (χ3n) is 3.12. The third kappa shape index (κ3) is 3.25. The van der Waals surface area contributed by atoms with Crippen LogP contribution in [0.1, 0.15) is 27.0 Å². The predicted octanol–water partition coefficient (Wildman–Crippen LogP) is 4.10. The van der Waals surface area contributed by atoms with Gasteiger partial charge in [0.2, 0.25) is 0 Å². The fraction of sp³-hybridized carbons (Fsp3) is 0.188. The summed E-state index contributed by atoms with van der Waals surface area (Å²) in [6.07, 6.45) is 0.490. The van der Waals surface area contributed by atoms with E-state index in [1.807, 2.05) is 24.3 Å². The van der Waals surface area contributed by atoms with E-state index in [9.17, 15) is 9.18 Å². The van der Waals surface area contributed by atoms with Crippen molar-refractivity contribution in [3.63, 3.8) is 0 Å². The molecule has 2 aromatic carbocycles. The molecule has 0 atom stereocenters. The zero-order chi connectivity index (χ0) is 14.5. The number of carbonyl (C=O) groups is 1. The number of esters is 1. The van der Waals surface area contributed by atoms with Crippen LogP contribution in [0.3, 0.4) is 0 Å². The summed E-state index contributed by atoms with van der Waals surface area (Å²) in [4.78, 5) is 11.7. The molecule has 0 heterocycles. The minimum absolute atomic E-state index is 0.357. The Labute approximate surface area is 125 Å². The molecule has 0 aliphatic heterocycles. The van der Waals surface area contributed by atoms with Crippen molar-refractivity contribution >= 4 is 21.9 Å². The molecular formula is C16H14BrFO2. The Morgan fingerprint density at radius 2 is 1.85 bits per heavy atom. The molecule has 0 radical (unpaired) electrons. The van der Waals surface area contributed by atoms with Crippen LogP contribution in [0.25, 0.3) is 0 Å². The Bertz CT molecular complexity index is 626. The van der Waals surface area contributed by atoms with E-state index < -0.39 is 5.97 Å². The molecule has 0 unspecified atom stereocenters. The highest BCUT2D eigenvalue weighted by molar-refractivity contribution is 9.08. The molecule has 0 fully saturated rings. The standard InChI is InChI=1S/C16H14BrFO2/c1-20-16(19)15-7-6-14(18)9-13(15)8-11-4-2-3-5-12(11)10-17/h2-7,9H,8,10H2,1H3. The van der Waals surface area contributed by atoms with Gasteiger partial charge in [-0.1, -0.05) is 40.2 Å². The summed E-state index contributed by atoms with van der Waals surface area (Å²) in [6.45, 7) is 0. The summed E-state index contributed by atoms with van der Waals surface area (Å²) >= 11 is 3.43. The molecule has 0 N–H and O–H groups in total. The summed E-state index contributed by atoms with van der Waals surface area (Å²) in [5.74, 6) is -0.805. The van der Waals surface area contributed by atoms with Crippen LogP contribution in [0.4, 0.5) is 4.39 Å². The number of carbonyl (C=O) groups excluding carboxylic acids is 1. The monoisotopic (exact) mass is 336 g/mol. The second kappa shape index (κ2) is 6.66. The first-order chi connectivity index (χ1) is 9.65. The average molecular weight is 337 g/mol. The van der Waals surface area contributed by atoms with Crippen LogP contribution in [-0.4, -0.2) is 13.1 Å². The van der Waals surface area contributed by atoms with E-state index in [-0.39, 0.29) is 5.82 Å². The first-order valence-corrected chi connectivity index (χ1v) is 7.27. The third-order valence-corrected chi connectivity index (χ3v) is 3.72. The van der Waals surface area contributed by atoms with Crippen LogP contribution in [0, 0.1) is 5.82 Å². The number of ether oxygens (including phenoxy) is 1. The van der Waals surface area contributed by atoms with Gasteiger partial charge in [-0.3, -0.25) is 0 Å². The van der Waals surface area contributed by atoms with Gasteiger partial charge in [-0.2, -0.15) is 0 Å². The molecule has 104 valence electrons. The van der Waals surface area contributed by atoms with Crippen molar-refractivity contribution < 1.29 is 13.9 Å². The quantitative estimate of drug-likeness (QED) is 0.620. The van der Waals surface area contributed by atoms with Gasteiger partial charge in [0.25, 0.3) is 0 Å². The fourth-order valence-corrected chi connectivity index (χ4v) is 2.63. The lowest BCUT2D eigenvalue weighted by atomic mass is 9.97. The molecule has 0 aliphatic carbocycles. The van der Waals surface area contributed by atoms with Gasteiger partial charge in [-0.05, 0) is 41.3 Å². The molecule has 4 heteroatoms. The van der Waals surface area contributed by atoms with Gasteiger partial charge in [0.1, 0.15) is 5.82 Å². The number of hydrogen-bond donors (Lipinski definition) is 0. The van der Waals surface area contributed by atoms with Crippen molar-refractivity contribution in [1.82, 2.24) is 0 Å². The zero-order valence-corrected chi connectivity index (χ0v) is 12.6.